The van der Waals surface area contributed by atoms with Gasteiger partial charge in [0.15, 0.2) is 6.10 Å². The molecule has 2 spiro atoms. The second kappa shape index (κ2) is 22.2. The number of benzene rings is 4. The number of carbonyl (C=O) groups excluding carboxylic acids is 2. The SMILES string of the molecule is CC[C@H]1OC(OC)(c2ccc(Cl)c(Cc3ccc(C4CCC5(CC5)C4)cc3)c2)[C@H](OC(C)=O)[C@@H](OC(C)=O)[C@@H]1C.COC1(c2ccc(Cl)c(Cc3ccc(C4CCC5(CC5)C4)cc3)c2)O[C@H](CO)[C@@H](O)[C@H](O)[C@H]1O. The maximum atomic E-state index is 12.3. The summed E-state index contributed by atoms with van der Waals surface area (Å²) in [4.78, 5) is 24.4. The van der Waals surface area contributed by atoms with Crippen LogP contribution in [-0.4, -0.2) is 95.9 Å². The summed E-state index contributed by atoms with van der Waals surface area (Å²) in [5, 5.41) is 42.1. The van der Waals surface area contributed by atoms with Gasteiger partial charge in [0.25, 0.3) is 0 Å². The Balaban J connectivity index is 0.000000184. The fourth-order valence-corrected chi connectivity index (χ4v) is 13.1. The number of esters is 2. The zero-order valence-electron chi connectivity index (χ0n) is 43.6. The molecule has 6 fully saturated rings. The van der Waals surface area contributed by atoms with E-state index in [1.807, 2.05) is 32.0 Å². The highest BCUT2D eigenvalue weighted by molar-refractivity contribution is 6.31. The predicted molar refractivity (Wildman–Crippen MR) is 281 cm³/mol. The van der Waals surface area contributed by atoms with Crippen molar-refractivity contribution >= 4 is 35.1 Å². The van der Waals surface area contributed by atoms with Crippen LogP contribution in [0.4, 0.5) is 0 Å². The number of methoxy groups -OCH3 is 2. The molecule has 2 heterocycles. The first-order chi connectivity index (χ1) is 35.4. The predicted octanol–water partition coefficient (Wildman–Crippen LogP) is 10.3. The summed E-state index contributed by atoms with van der Waals surface area (Å²) in [5.41, 5.74) is 9.24. The maximum Gasteiger partial charge on any atom is 0.303 e. The molecule has 4 saturated carbocycles. The molecule has 0 aromatic heterocycles. The minimum absolute atomic E-state index is 0.221. The Kier molecular flexibility index (Phi) is 16.5. The van der Waals surface area contributed by atoms with Crippen molar-refractivity contribution in [1.82, 2.24) is 0 Å². The molecule has 4 aromatic rings. The topological polar surface area (TPSA) is 170 Å². The molecule has 6 aliphatic rings. The molecule has 0 radical (unpaired) electrons. The largest absolute Gasteiger partial charge is 0.458 e. The Morgan fingerprint density at radius 2 is 1.09 bits per heavy atom. The minimum atomic E-state index is -1.75. The number of hydrogen-bond acceptors (Lipinski definition) is 12. The van der Waals surface area contributed by atoms with Crippen molar-refractivity contribution in [3.8, 4) is 0 Å². The monoisotopic (exact) mass is 1060 g/mol. The zero-order valence-corrected chi connectivity index (χ0v) is 45.1. The molecule has 2 saturated heterocycles. The molecule has 400 valence electrons. The van der Waals surface area contributed by atoms with E-state index >= 15 is 0 Å². The number of hydrogen-bond donors (Lipinski definition) is 4. The molecule has 0 amide bonds. The van der Waals surface area contributed by atoms with Gasteiger partial charge in [-0.3, -0.25) is 9.59 Å². The molecule has 14 heteroatoms. The molecular formula is C60H74Cl2O12. The molecule has 10 rings (SSSR count). The van der Waals surface area contributed by atoms with Crippen LogP contribution in [0.2, 0.25) is 10.0 Å². The van der Waals surface area contributed by atoms with Gasteiger partial charge in [0, 0.05) is 55.2 Å². The van der Waals surface area contributed by atoms with Gasteiger partial charge >= 0.3 is 11.9 Å². The molecule has 0 bridgehead atoms. The molecule has 2 aliphatic heterocycles. The van der Waals surface area contributed by atoms with E-state index in [1.54, 1.807) is 18.2 Å². The van der Waals surface area contributed by atoms with Gasteiger partial charge in [0.05, 0.1) is 12.7 Å². The quantitative estimate of drug-likeness (QED) is 0.0883. The highest BCUT2D eigenvalue weighted by Crippen LogP contribution is 2.63. The van der Waals surface area contributed by atoms with Crippen LogP contribution in [-0.2, 0) is 62.4 Å². The molecule has 4 unspecified atom stereocenters. The normalized spacial score (nSPS) is 32.4. The van der Waals surface area contributed by atoms with Crippen LogP contribution in [0.5, 0.6) is 0 Å². The number of aliphatic hydroxyl groups excluding tert-OH is 4. The van der Waals surface area contributed by atoms with E-state index in [2.05, 4.69) is 48.5 Å². The standard InChI is InChI=1S/C33H41ClO6.C27H33ClO6/c1-6-29-20(2)30(38-21(3)35)31(39-22(4)36)33(37-5,40-29)27-11-12-28(34)26(18-27)17-23-7-9-24(10-8-23)25-13-14-32(19-25)15-16-32;1-33-27(25(32)24(31)23(30)22(15-29)34-27)20-6-7-21(28)19(13-20)12-16-2-4-17(5-3-16)18-8-9-26(14-18)10-11-26/h7-12,18,20,25,29-31H,6,13-17,19H2,1-5H3;2-7,13,18,22-25,29-32H,8-12,14-15H2,1H3/t20-,25?,29-,30+,31-,33?;18?,22-,23-,24+,25-,27?/m11/s1. The van der Waals surface area contributed by atoms with Crippen LogP contribution in [0.25, 0.3) is 0 Å². The minimum Gasteiger partial charge on any atom is -0.458 e. The van der Waals surface area contributed by atoms with E-state index in [0.29, 0.717) is 63.1 Å². The summed E-state index contributed by atoms with van der Waals surface area (Å²) in [5.74, 6) is -3.09. The highest BCUT2D eigenvalue weighted by atomic mass is 35.5. The Bertz CT molecular complexity index is 2610. The van der Waals surface area contributed by atoms with Crippen molar-refractivity contribution in [2.75, 3.05) is 20.8 Å². The molecule has 12 atom stereocenters. The zero-order chi connectivity index (χ0) is 52.7. The van der Waals surface area contributed by atoms with Crippen molar-refractivity contribution in [3.63, 3.8) is 0 Å². The fourth-order valence-electron chi connectivity index (χ4n) is 12.8. The van der Waals surface area contributed by atoms with Gasteiger partial charge in [-0.15, -0.1) is 0 Å². The number of ether oxygens (including phenoxy) is 6. The van der Waals surface area contributed by atoms with Crippen molar-refractivity contribution < 1.29 is 58.4 Å². The van der Waals surface area contributed by atoms with Gasteiger partial charge in [0.1, 0.15) is 30.5 Å². The van der Waals surface area contributed by atoms with Gasteiger partial charge in [-0.25, -0.2) is 0 Å². The first-order valence-electron chi connectivity index (χ1n) is 26.6. The summed E-state index contributed by atoms with van der Waals surface area (Å²) in [6, 6.07) is 28.5. The van der Waals surface area contributed by atoms with Gasteiger partial charge in [-0.05, 0) is 164 Å². The first-order valence-corrected chi connectivity index (χ1v) is 27.4. The average molecular weight is 1060 g/mol. The third-order valence-corrected chi connectivity index (χ3v) is 18.3. The third kappa shape index (κ3) is 11.1. The van der Waals surface area contributed by atoms with Crippen LogP contribution in [0.15, 0.2) is 84.9 Å². The molecule has 4 N–H and O–H groups in total. The van der Waals surface area contributed by atoms with E-state index in [1.165, 1.54) is 103 Å². The van der Waals surface area contributed by atoms with E-state index in [-0.39, 0.29) is 12.0 Å². The first kappa shape index (κ1) is 54.9. The Labute approximate surface area is 445 Å². The van der Waals surface area contributed by atoms with Crippen LogP contribution in [0, 0.1) is 16.7 Å². The second-order valence-electron chi connectivity index (χ2n) is 22.4. The number of aliphatic hydroxyl groups is 4. The van der Waals surface area contributed by atoms with E-state index in [4.69, 9.17) is 51.6 Å². The lowest BCUT2D eigenvalue weighted by molar-refractivity contribution is -0.366. The van der Waals surface area contributed by atoms with E-state index < -0.39 is 66.7 Å². The molecule has 74 heavy (non-hydrogen) atoms. The van der Waals surface area contributed by atoms with Crippen molar-refractivity contribution in [1.29, 1.82) is 0 Å². The Hall–Kier alpha value is -3.92. The van der Waals surface area contributed by atoms with Crippen molar-refractivity contribution in [3.05, 3.63) is 139 Å². The van der Waals surface area contributed by atoms with E-state index in [9.17, 15) is 30.0 Å². The number of carbonyl (C=O) groups is 2. The lowest BCUT2D eigenvalue weighted by Gasteiger charge is -2.50. The Morgan fingerprint density at radius 3 is 1.50 bits per heavy atom. The van der Waals surface area contributed by atoms with Crippen molar-refractivity contribution in [2.24, 2.45) is 16.7 Å². The van der Waals surface area contributed by atoms with Crippen LogP contribution < -0.4 is 0 Å². The lowest BCUT2D eigenvalue weighted by atomic mass is 9.81. The van der Waals surface area contributed by atoms with Gasteiger partial charge in [-0.1, -0.05) is 97.7 Å². The molecule has 12 nitrogen and oxygen atoms in total. The maximum absolute atomic E-state index is 12.3. The lowest BCUT2D eigenvalue weighted by Crippen LogP contribution is -2.64. The number of halogens is 2. The fraction of sp³-hybridized carbons (Fsp3) is 0.567. The molecule has 4 aliphatic carbocycles. The third-order valence-electron chi connectivity index (χ3n) is 17.6. The van der Waals surface area contributed by atoms with Crippen LogP contribution in [0.1, 0.15) is 155 Å². The van der Waals surface area contributed by atoms with Gasteiger partial charge in [0.2, 0.25) is 11.6 Å². The Morgan fingerprint density at radius 1 is 0.635 bits per heavy atom. The van der Waals surface area contributed by atoms with Gasteiger partial charge in [-0.2, -0.15) is 0 Å². The molecule has 4 aromatic carbocycles. The summed E-state index contributed by atoms with van der Waals surface area (Å²) in [7, 11) is 2.87. The summed E-state index contributed by atoms with van der Waals surface area (Å²) < 4.78 is 35.6. The van der Waals surface area contributed by atoms with Crippen LogP contribution in [0.3, 0.4) is 0 Å². The smallest absolute Gasteiger partial charge is 0.303 e. The average Bonchev–Trinajstić information content (AvgIpc) is 4.25. The number of rotatable bonds is 14. The van der Waals surface area contributed by atoms with Crippen LogP contribution >= 0.6 is 23.2 Å². The van der Waals surface area contributed by atoms with Crippen molar-refractivity contribution in [2.45, 2.75) is 177 Å². The second-order valence-corrected chi connectivity index (χ2v) is 23.2. The highest BCUT2D eigenvalue weighted by Gasteiger charge is 2.59. The molecular weight excluding hydrogens is 984 g/mol. The summed E-state index contributed by atoms with van der Waals surface area (Å²) >= 11 is 13.2. The van der Waals surface area contributed by atoms with Gasteiger partial charge < -0.3 is 48.8 Å². The summed E-state index contributed by atoms with van der Waals surface area (Å²) in [6.07, 6.45) is 7.68. The van der Waals surface area contributed by atoms with E-state index in [0.717, 1.165) is 22.3 Å². The summed E-state index contributed by atoms with van der Waals surface area (Å²) in [6.45, 7) is 6.08.